The fourth-order valence-corrected chi connectivity index (χ4v) is 2.93. The molecule has 0 bridgehead atoms. The van der Waals surface area contributed by atoms with Gasteiger partial charge in [0.05, 0.1) is 7.11 Å². The van der Waals surface area contributed by atoms with Crippen LogP contribution in [0.4, 0.5) is 0 Å². The van der Waals surface area contributed by atoms with Gasteiger partial charge in [-0.3, -0.25) is 9.59 Å². The average molecular weight is 392 g/mol. The Morgan fingerprint density at radius 1 is 1.07 bits per heavy atom. The fourth-order valence-electron chi connectivity index (χ4n) is 2.93. The molecule has 3 aromatic rings. The lowest BCUT2D eigenvalue weighted by atomic mass is 10.1. The number of aromatic nitrogens is 3. The van der Waals surface area contributed by atoms with Gasteiger partial charge in [0, 0.05) is 24.9 Å². The molecule has 0 fully saturated rings. The van der Waals surface area contributed by atoms with Crippen molar-refractivity contribution in [1.29, 1.82) is 0 Å². The molecule has 0 aliphatic rings. The number of rotatable bonds is 8. The van der Waals surface area contributed by atoms with Gasteiger partial charge in [-0.05, 0) is 25.0 Å². The number of benzene rings is 2. The molecule has 0 saturated heterocycles. The molecule has 0 aliphatic heterocycles. The Morgan fingerprint density at radius 2 is 1.83 bits per heavy atom. The second kappa shape index (κ2) is 9.64. The molecule has 7 heteroatoms. The van der Waals surface area contributed by atoms with Gasteiger partial charge in [0.1, 0.15) is 11.4 Å². The van der Waals surface area contributed by atoms with Crippen LogP contribution in [0.1, 0.15) is 23.2 Å². The predicted octanol–water partition coefficient (Wildman–Crippen LogP) is 2.44. The Balaban J connectivity index is 1.51. The van der Waals surface area contributed by atoms with Crippen LogP contribution >= 0.6 is 0 Å². The predicted molar refractivity (Wildman–Crippen MR) is 111 cm³/mol. The molecule has 0 atom stereocenters. The summed E-state index contributed by atoms with van der Waals surface area (Å²) in [5, 5.41) is 11.0. The van der Waals surface area contributed by atoms with E-state index in [2.05, 4.69) is 20.5 Å². The Morgan fingerprint density at radius 3 is 2.55 bits per heavy atom. The number of nitrogens with one attached hydrogen (secondary N) is 2. The minimum atomic E-state index is -0.322. The van der Waals surface area contributed by atoms with E-state index >= 15 is 0 Å². The quantitative estimate of drug-likeness (QED) is 0.614. The molecule has 29 heavy (non-hydrogen) atoms. The number of H-pyrrole nitrogens is 1. The number of carbonyl (C=O) groups excluding carboxylic acids is 1. The van der Waals surface area contributed by atoms with Crippen LogP contribution in [-0.2, 0) is 17.6 Å². The van der Waals surface area contributed by atoms with Gasteiger partial charge >= 0.3 is 0 Å². The van der Waals surface area contributed by atoms with Crippen LogP contribution in [0.2, 0.25) is 0 Å². The number of hydrogen-bond acceptors (Lipinski definition) is 5. The first kappa shape index (κ1) is 20.3. The van der Waals surface area contributed by atoms with Gasteiger partial charge in [-0.25, -0.2) is 0 Å². The van der Waals surface area contributed by atoms with Crippen molar-refractivity contribution >= 4 is 5.91 Å². The van der Waals surface area contributed by atoms with E-state index in [0.29, 0.717) is 18.8 Å². The second-order valence-corrected chi connectivity index (χ2v) is 6.73. The molecular formula is C22H24N4O3. The van der Waals surface area contributed by atoms with Crippen molar-refractivity contribution in [3.63, 3.8) is 0 Å². The number of nitrogens with zero attached hydrogens (tertiary/aromatic N) is 2. The topological polar surface area (TPSA) is 97.0 Å². The number of methoxy groups -OCH3 is 1. The van der Waals surface area contributed by atoms with Gasteiger partial charge < -0.3 is 15.0 Å². The molecule has 3 rings (SSSR count). The molecule has 0 unspecified atom stereocenters. The third-order valence-electron chi connectivity index (χ3n) is 4.59. The van der Waals surface area contributed by atoms with Gasteiger partial charge in [0.15, 0.2) is 5.82 Å². The number of para-hydroxylation sites is 1. The lowest BCUT2D eigenvalue weighted by molar-refractivity contribution is -0.121. The third kappa shape index (κ3) is 5.51. The molecule has 0 radical (unpaired) electrons. The van der Waals surface area contributed by atoms with E-state index in [9.17, 15) is 9.59 Å². The van der Waals surface area contributed by atoms with E-state index in [-0.39, 0.29) is 30.0 Å². The SMILES string of the molecule is COc1ccccc1CCNC(=O)CCc1nnc(-c2ccc(C)cc2)[nH]c1=O. The Kier molecular flexibility index (Phi) is 6.73. The summed E-state index contributed by atoms with van der Waals surface area (Å²) in [5.41, 5.74) is 2.88. The molecule has 2 aromatic carbocycles. The first-order valence-electron chi connectivity index (χ1n) is 9.48. The Hall–Kier alpha value is -3.48. The number of aromatic amines is 1. The van der Waals surface area contributed by atoms with Crippen LogP contribution in [-0.4, -0.2) is 34.7 Å². The van der Waals surface area contributed by atoms with E-state index in [4.69, 9.17) is 4.74 Å². The summed E-state index contributed by atoms with van der Waals surface area (Å²) in [4.78, 5) is 27.1. The first-order chi connectivity index (χ1) is 14.1. The maximum absolute atomic E-state index is 12.3. The van der Waals surface area contributed by atoms with Gasteiger partial charge in [0.2, 0.25) is 5.91 Å². The highest BCUT2D eigenvalue weighted by molar-refractivity contribution is 5.76. The zero-order valence-electron chi connectivity index (χ0n) is 16.6. The summed E-state index contributed by atoms with van der Waals surface area (Å²) in [5.74, 6) is 1.08. The molecule has 0 spiro atoms. The number of ether oxygens (including phenoxy) is 1. The largest absolute Gasteiger partial charge is 0.496 e. The van der Waals surface area contributed by atoms with Crippen LogP contribution in [0.15, 0.2) is 53.3 Å². The van der Waals surface area contributed by atoms with Crippen molar-refractivity contribution in [2.45, 2.75) is 26.2 Å². The van der Waals surface area contributed by atoms with Crippen molar-refractivity contribution in [3.8, 4) is 17.1 Å². The Bertz CT molecular complexity index is 1030. The first-order valence-corrected chi connectivity index (χ1v) is 9.48. The molecule has 7 nitrogen and oxygen atoms in total. The van der Waals surface area contributed by atoms with Crippen molar-refractivity contribution in [2.75, 3.05) is 13.7 Å². The molecule has 1 amide bonds. The summed E-state index contributed by atoms with van der Waals surface area (Å²) >= 11 is 0. The fraction of sp³-hybridized carbons (Fsp3) is 0.273. The van der Waals surface area contributed by atoms with Gasteiger partial charge in [0.25, 0.3) is 5.56 Å². The zero-order chi connectivity index (χ0) is 20.6. The molecule has 0 saturated carbocycles. The minimum absolute atomic E-state index is 0.135. The standard InChI is InChI=1S/C22H24N4O3/c1-15-7-9-17(10-8-15)21-24-22(28)18(25-26-21)11-12-20(27)23-14-13-16-5-3-4-6-19(16)29-2/h3-10H,11-14H2,1-2H3,(H,23,27)(H,24,26,28). The van der Waals surface area contributed by atoms with Crippen molar-refractivity contribution in [2.24, 2.45) is 0 Å². The monoisotopic (exact) mass is 392 g/mol. The smallest absolute Gasteiger partial charge is 0.273 e. The lowest BCUT2D eigenvalue weighted by Gasteiger charge is -2.09. The minimum Gasteiger partial charge on any atom is -0.496 e. The van der Waals surface area contributed by atoms with E-state index < -0.39 is 0 Å². The summed E-state index contributed by atoms with van der Waals surface area (Å²) in [7, 11) is 1.63. The molecule has 1 aromatic heterocycles. The summed E-state index contributed by atoms with van der Waals surface area (Å²) in [6.45, 7) is 2.48. The Labute approximate surface area is 169 Å². The summed E-state index contributed by atoms with van der Waals surface area (Å²) in [6.07, 6.45) is 1.08. The van der Waals surface area contributed by atoms with E-state index in [1.165, 1.54) is 0 Å². The van der Waals surface area contributed by atoms with Crippen LogP contribution < -0.4 is 15.6 Å². The lowest BCUT2D eigenvalue weighted by Crippen LogP contribution is -2.27. The number of aryl methyl sites for hydroxylation is 2. The highest BCUT2D eigenvalue weighted by Gasteiger charge is 2.10. The van der Waals surface area contributed by atoms with E-state index in [1.807, 2.05) is 55.5 Å². The number of amides is 1. The number of hydrogen-bond donors (Lipinski definition) is 2. The second-order valence-electron chi connectivity index (χ2n) is 6.73. The third-order valence-corrected chi connectivity index (χ3v) is 4.59. The summed E-state index contributed by atoms with van der Waals surface area (Å²) < 4.78 is 5.30. The molecular weight excluding hydrogens is 368 g/mol. The molecule has 0 aliphatic carbocycles. The maximum atomic E-state index is 12.3. The molecule has 2 N–H and O–H groups in total. The molecule has 150 valence electrons. The normalized spacial score (nSPS) is 10.6. The summed E-state index contributed by atoms with van der Waals surface area (Å²) in [6, 6.07) is 15.3. The van der Waals surface area contributed by atoms with E-state index in [1.54, 1.807) is 7.11 Å². The van der Waals surface area contributed by atoms with Crippen LogP contribution in [0.25, 0.3) is 11.4 Å². The van der Waals surface area contributed by atoms with Crippen LogP contribution in [0, 0.1) is 6.92 Å². The van der Waals surface area contributed by atoms with Crippen LogP contribution in [0.5, 0.6) is 5.75 Å². The van der Waals surface area contributed by atoms with Crippen molar-refractivity contribution in [1.82, 2.24) is 20.5 Å². The zero-order valence-corrected chi connectivity index (χ0v) is 16.6. The van der Waals surface area contributed by atoms with Gasteiger partial charge in [-0.15, -0.1) is 10.2 Å². The average Bonchev–Trinajstić information content (AvgIpc) is 2.73. The van der Waals surface area contributed by atoms with Gasteiger partial charge in [-0.1, -0.05) is 48.0 Å². The van der Waals surface area contributed by atoms with Crippen LogP contribution in [0.3, 0.4) is 0 Å². The van der Waals surface area contributed by atoms with Crippen molar-refractivity contribution < 1.29 is 9.53 Å². The van der Waals surface area contributed by atoms with Crippen molar-refractivity contribution in [3.05, 3.63) is 75.7 Å². The molecule has 1 heterocycles. The maximum Gasteiger partial charge on any atom is 0.273 e. The highest BCUT2D eigenvalue weighted by Crippen LogP contribution is 2.17. The van der Waals surface area contributed by atoms with Gasteiger partial charge in [-0.2, -0.15) is 0 Å². The number of carbonyl (C=O) groups is 1. The van der Waals surface area contributed by atoms with E-state index in [0.717, 1.165) is 22.4 Å². The highest BCUT2D eigenvalue weighted by atomic mass is 16.5.